The molecule has 6 heteroatoms. The Kier molecular flexibility index (Phi) is 3.38. The predicted molar refractivity (Wildman–Crippen MR) is 74.5 cm³/mol. The summed E-state index contributed by atoms with van der Waals surface area (Å²) in [7, 11) is 1.78. The number of benzene rings is 1. The zero-order chi connectivity index (χ0) is 13.3. The van der Waals surface area contributed by atoms with Gasteiger partial charge in [0.2, 0.25) is 0 Å². The molecule has 0 aliphatic heterocycles. The van der Waals surface area contributed by atoms with E-state index in [1.165, 1.54) is 0 Å². The van der Waals surface area contributed by atoms with Crippen LogP contribution in [0.1, 0.15) is 16.1 Å². The van der Waals surface area contributed by atoms with Gasteiger partial charge >= 0.3 is 0 Å². The first-order valence-corrected chi connectivity index (χ1v) is 6.13. The number of nitrogens with zero attached hydrogens (tertiary/aromatic N) is 2. The van der Waals surface area contributed by atoms with Crippen molar-refractivity contribution in [1.82, 2.24) is 9.78 Å². The minimum Gasteiger partial charge on any atom is -0.398 e. The van der Waals surface area contributed by atoms with E-state index >= 15 is 0 Å². The van der Waals surface area contributed by atoms with Crippen molar-refractivity contribution in [2.45, 2.75) is 6.92 Å². The molecular weight excluding hydrogens is 296 g/mol. The van der Waals surface area contributed by atoms with Crippen molar-refractivity contribution in [3.8, 4) is 0 Å². The Morgan fingerprint density at radius 1 is 1.50 bits per heavy atom. The summed E-state index contributed by atoms with van der Waals surface area (Å²) in [5, 5.41) is 6.93. The average Bonchev–Trinajstić information content (AvgIpc) is 2.63. The summed E-state index contributed by atoms with van der Waals surface area (Å²) in [5.74, 6) is -0.183. The molecule has 0 aliphatic rings. The second kappa shape index (κ2) is 4.81. The number of rotatable bonds is 2. The molecule has 0 saturated heterocycles. The molecule has 0 atom stereocenters. The topological polar surface area (TPSA) is 72.9 Å². The normalized spacial score (nSPS) is 10.4. The first-order valence-electron chi connectivity index (χ1n) is 5.34. The van der Waals surface area contributed by atoms with Crippen molar-refractivity contribution in [2.75, 3.05) is 11.1 Å². The lowest BCUT2D eigenvalue weighted by Gasteiger charge is -2.06. The van der Waals surface area contributed by atoms with Gasteiger partial charge < -0.3 is 11.1 Å². The number of amides is 1. The average molecular weight is 309 g/mol. The van der Waals surface area contributed by atoms with Crippen LogP contribution in [0.5, 0.6) is 0 Å². The fourth-order valence-corrected chi connectivity index (χ4v) is 2.00. The minimum atomic E-state index is -0.183. The minimum absolute atomic E-state index is 0.183. The van der Waals surface area contributed by atoms with Crippen LogP contribution in [-0.4, -0.2) is 15.7 Å². The summed E-state index contributed by atoms with van der Waals surface area (Å²) in [5.41, 5.74) is 8.26. The molecule has 0 aliphatic carbocycles. The number of nitrogens with one attached hydrogen (secondary N) is 1. The van der Waals surface area contributed by atoms with Gasteiger partial charge in [0, 0.05) is 29.1 Å². The molecule has 0 saturated carbocycles. The third kappa shape index (κ3) is 2.53. The molecule has 1 aromatic carbocycles. The Morgan fingerprint density at radius 3 is 2.78 bits per heavy atom. The molecule has 94 valence electrons. The second-order valence-corrected chi connectivity index (χ2v) is 4.85. The third-order valence-corrected chi connectivity index (χ3v) is 3.20. The predicted octanol–water partition coefficient (Wildman–Crippen LogP) is 2.33. The Hall–Kier alpha value is -1.82. The quantitative estimate of drug-likeness (QED) is 0.836. The zero-order valence-electron chi connectivity index (χ0n) is 10.1. The highest BCUT2D eigenvalue weighted by molar-refractivity contribution is 9.10. The van der Waals surface area contributed by atoms with E-state index in [9.17, 15) is 4.79 Å². The summed E-state index contributed by atoms with van der Waals surface area (Å²) < 4.78 is 2.37. The molecule has 0 radical (unpaired) electrons. The lowest BCUT2D eigenvalue weighted by Crippen LogP contribution is -2.12. The monoisotopic (exact) mass is 308 g/mol. The molecular formula is C12H13BrN4O. The van der Waals surface area contributed by atoms with Crippen LogP contribution in [0, 0.1) is 6.92 Å². The highest BCUT2D eigenvalue weighted by Gasteiger charge is 2.12. The number of aryl methyl sites for hydroxylation is 2. The number of hydrogen-bond acceptors (Lipinski definition) is 3. The van der Waals surface area contributed by atoms with Crippen molar-refractivity contribution in [3.05, 3.63) is 40.1 Å². The second-order valence-electron chi connectivity index (χ2n) is 3.99. The highest BCUT2D eigenvalue weighted by atomic mass is 79.9. The Balaban J connectivity index is 2.21. The smallest absolute Gasteiger partial charge is 0.259 e. The van der Waals surface area contributed by atoms with Gasteiger partial charge in [0.25, 0.3) is 5.91 Å². The first-order chi connectivity index (χ1) is 8.47. The number of anilines is 2. The van der Waals surface area contributed by atoms with E-state index in [-0.39, 0.29) is 5.91 Å². The summed E-state index contributed by atoms with van der Waals surface area (Å²) in [4.78, 5) is 12.0. The van der Waals surface area contributed by atoms with Gasteiger partial charge in [-0.15, -0.1) is 0 Å². The van der Waals surface area contributed by atoms with Gasteiger partial charge in [-0.05, 0) is 41.1 Å². The summed E-state index contributed by atoms with van der Waals surface area (Å²) >= 11 is 3.32. The number of hydrogen-bond donors (Lipinski definition) is 2. The van der Waals surface area contributed by atoms with Crippen molar-refractivity contribution in [3.63, 3.8) is 0 Å². The number of halogens is 1. The Labute approximate surface area is 113 Å². The van der Waals surface area contributed by atoms with Crippen molar-refractivity contribution >= 4 is 33.2 Å². The van der Waals surface area contributed by atoms with E-state index in [4.69, 9.17) is 5.73 Å². The zero-order valence-corrected chi connectivity index (χ0v) is 11.7. The number of nitrogen functional groups attached to an aromatic ring is 1. The molecule has 0 unspecified atom stereocenters. The van der Waals surface area contributed by atoms with Crippen LogP contribution in [0.25, 0.3) is 0 Å². The first kappa shape index (κ1) is 12.6. The van der Waals surface area contributed by atoms with Gasteiger partial charge in [-0.1, -0.05) is 0 Å². The van der Waals surface area contributed by atoms with Crippen molar-refractivity contribution < 1.29 is 4.79 Å². The van der Waals surface area contributed by atoms with Gasteiger partial charge in [-0.25, -0.2) is 0 Å². The van der Waals surface area contributed by atoms with Crippen LogP contribution in [-0.2, 0) is 7.05 Å². The lowest BCUT2D eigenvalue weighted by atomic mass is 10.2. The molecule has 5 nitrogen and oxygen atoms in total. The van der Waals surface area contributed by atoms with E-state index in [1.54, 1.807) is 43.0 Å². The Bertz CT molecular complexity index is 606. The van der Waals surface area contributed by atoms with Crippen LogP contribution < -0.4 is 11.1 Å². The van der Waals surface area contributed by atoms with E-state index in [2.05, 4.69) is 26.3 Å². The van der Waals surface area contributed by atoms with Gasteiger partial charge in [0.15, 0.2) is 0 Å². The van der Waals surface area contributed by atoms with E-state index in [0.29, 0.717) is 22.6 Å². The fourth-order valence-electron chi connectivity index (χ4n) is 1.63. The third-order valence-electron chi connectivity index (χ3n) is 2.52. The summed E-state index contributed by atoms with van der Waals surface area (Å²) in [6.07, 6.45) is 1.69. The van der Waals surface area contributed by atoms with Crippen LogP contribution in [0.4, 0.5) is 11.4 Å². The van der Waals surface area contributed by atoms with Crippen LogP contribution in [0.15, 0.2) is 28.9 Å². The molecule has 2 aromatic rings. The number of carbonyl (C=O) groups excluding carboxylic acids is 1. The molecule has 0 spiro atoms. The molecule has 1 heterocycles. The van der Waals surface area contributed by atoms with E-state index in [1.807, 2.05) is 0 Å². The largest absolute Gasteiger partial charge is 0.398 e. The number of nitrogens with two attached hydrogens (primary N) is 1. The maximum atomic E-state index is 12.0. The molecule has 1 aromatic heterocycles. The van der Waals surface area contributed by atoms with Crippen molar-refractivity contribution in [1.29, 1.82) is 0 Å². The standard InChI is InChI=1S/C12H13BrN4O/c1-7-9(6-17(2)16-7)12(18)15-8-3-4-11(14)10(13)5-8/h3-6H,14H2,1-2H3,(H,15,18). The van der Waals surface area contributed by atoms with Crippen LogP contribution in [0.2, 0.25) is 0 Å². The van der Waals surface area contributed by atoms with Gasteiger partial charge in [0.05, 0.1) is 11.3 Å². The van der Waals surface area contributed by atoms with Crippen molar-refractivity contribution in [2.24, 2.45) is 7.05 Å². The molecule has 0 fully saturated rings. The number of carbonyl (C=O) groups is 1. The van der Waals surface area contributed by atoms with Gasteiger partial charge in [-0.2, -0.15) is 5.10 Å². The maximum Gasteiger partial charge on any atom is 0.259 e. The summed E-state index contributed by atoms with van der Waals surface area (Å²) in [6, 6.07) is 5.25. The Morgan fingerprint density at radius 2 is 2.22 bits per heavy atom. The SMILES string of the molecule is Cc1nn(C)cc1C(=O)Nc1ccc(N)c(Br)c1. The van der Waals surface area contributed by atoms with Gasteiger partial charge in [0.1, 0.15) is 0 Å². The van der Waals surface area contributed by atoms with E-state index < -0.39 is 0 Å². The van der Waals surface area contributed by atoms with Gasteiger partial charge in [-0.3, -0.25) is 9.48 Å². The van der Waals surface area contributed by atoms with E-state index in [0.717, 1.165) is 4.47 Å². The molecule has 18 heavy (non-hydrogen) atoms. The molecule has 1 amide bonds. The number of aromatic nitrogens is 2. The highest BCUT2D eigenvalue weighted by Crippen LogP contribution is 2.23. The maximum absolute atomic E-state index is 12.0. The fraction of sp³-hybridized carbons (Fsp3) is 0.167. The molecule has 2 rings (SSSR count). The molecule has 0 bridgehead atoms. The summed E-state index contributed by atoms with van der Waals surface area (Å²) in [6.45, 7) is 1.80. The van der Waals surface area contributed by atoms with Crippen LogP contribution >= 0.6 is 15.9 Å². The van der Waals surface area contributed by atoms with Crippen LogP contribution in [0.3, 0.4) is 0 Å². The lowest BCUT2D eigenvalue weighted by molar-refractivity contribution is 0.102. The molecule has 3 N–H and O–H groups in total.